The van der Waals surface area contributed by atoms with Crippen LogP contribution in [-0.4, -0.2) is 24.5 Å². The van der Waals surface area contributed by atoms with Gasteiger partial charge in [0, 0.05) is 17.0 Å². The van der Waals surface area contributed by atoms with Crippen LogP contribution < -0.4 is 5.32 Å². The lowest BCUT2D eigenvalue weighted by Gasteiger charge is -2.20. The molecule has 1 aromatic carbocycles. The van der Waals surface area contributed by atoms with E-state index in [0.29, 0.717) is 23.6 Å². The molecule has 0 heterocycles. The van der Waals surface area contributed by atoms with Crippen LogP contribution in [0.15, 0.2) is 24.5 Å². The van der Waals surface area contributed by atoms with Crippen molar-refractivity contribution in [2.24, 2.45) is 0 Å². The molecule has 0 saturated heterocycles. The fraction of sp³-hybridized carbons (Fsp3) is 0.438. The van der Waals surface area contributed by atoms with Crippen molar-refractivity contribution in [3.8, 4) is 0 Å². The van der Waals surface area contributed by atoms with Crippen LogP contribution in [0, 0.1) is 0 Å². The summed E-state index contributed by atoms with van der Waals surface area (Å²) in [6.07, 6.45) is 3.57. The zero-order chi connectivity index (χ0) is 16.2. The van der Waals surface area contributed by atoms with Gasteiger partial charge in [0.1, 0.15) is 0 Å². The van der Waals surface area contributed by atoms with Crippen molar-refractivity contribution in [3.63, 3.8) is 0 Å². The third-order valence-corrected chi connectivity index (χ3v) is 3.82. The molecule has 1 unspecified atom stereocenters. The molecule has 1 aliphatic rings. The van der Waals surface area contributed by atoms with Crippen LogP contribution in [0.4, 0.5) is 8.78 Å². The largest absolute Gasteiger partial charge is 0.501 e. The Morgan fingerprint density at radius 3 is 2.95 bits per heavy atom. The predicted molar refractivity (Wildman–Crippen MR) is 82.2 cm³/mol. The van der Waals surface area contributed by atoms with E-state index in [9.17, 15) is 13.6 Å². The highest BCUT2D eigenvalue weighted by Crippen LogP contribution is 2.35. The number of nitrogens with one attached hydrogen (secondary N) is 1. The molecule has 1 fully saturated rings. The molecule has 1 aromatic rings. The van der Waals surface area contributed by atoms with E-state index in [1.165, 1.54) is 12.3 Å². The molecule has 6 heteroatoms. The summed E-state index contributed by atoms with van der Waals surface area (Å²) in [4.78, 5) is 12.3. The van der Waals surface area contributed by atoms with E-state index < -0.39 is 17.9 Å². The van der Waals surface area contributed by atoms with Crippen molar-refractivity contribution in [1.29, 1.82) is 0 Å². The quantitative estimate of drug-likeness (QED) is 0.819. The Bertz CT molecular complexity index is 575. The third-order valence-electron chi connectivity index (χ3n) is 3.59. The van der Waals surface area contributed by atoms with Crippen molar-refractivity contribution < 1.29 is 18.3 Å². The van der Waals surface area contributed by atoms with Crippen molar-refractivity contribution in [1.82, 2.24) is 5.32 Å². The Morgan fingerprint density at radius 1 is 1.55 bits per heavy atom. The summed E-state index contributed by atoms with van der Waals surface area (Å²) in [5.41, 5.74) is 0.822. The second-order valence-corrected chi connectivity index (χ2v) is 5.61. The van der Waals surface area contributed by atoms with Crippen LogP contribution >= 0.6 is 11.6 Å². The maximum absolute atomic E-state index is 13.6. The number of carbonyl (C=O) groups is 1. The normalized spacial score (nSPS) is 20.3. The average molecular weight is 330 g/mol. The van der Waals surface area contributed by atoms with Crippen LogP contribution in [0.2, 0.25) is 5.02 Å². The second-order valence-electron chi connectivity index (χ2n) is 5.17. The van der Waals surface area contributed by atoms with E-state index in [2.05, 4.69) is 5.32 Å². The number of alkyl halides is 2. The predicted octanol–water partition coefficient (Wildman–Crippen LogP) is 4.26. The number of ether oxygens (including phenoxy) is 1. The Labute approximate surface area is 133 Å². The van der Waals surface area contributed by atoms with E-state index >= 15 is 0 Å². The molecular weight excluding hydrogens is 312 g/mol. The fourth-order valence-corrected chi connectivity index (χ4v) is 2.60. The van der Waals surface area contributed by atoms with E-state index in [0.717, 1.165) is 0 Å². The zero-order valence-electron chi connectivity index (χ0n) is 12.2. The number of rotatable bonds is 5. The first kappa shape index (κ1) is 16.7. The molecule has 3 nitrogen and oxygen atoms in total. The lowest BCUT2D eigenvalue weighted by molar-refractivity contribution is -0.0164. The summed E-state index contributed by atoms with van der Waals surface area (Å²) < 4.78 is 32.4. The van der Waals surface area contributed by atoms with E-state index in [1.807, 2.05) is 6.92 Å². The number of halogens is 3. The summed E-state index contributed by atoms with van der Waals surface area (Å²) in [5, 5.41) is 2.79. The first-order chi connectivity index (χ1) is 10.4. The maximum Gasteiger partial charge on any atom is 0.267 e. The molecule has 120 valence electrons. The summed E-state index contributed by atoms with van der Waals surface area (Å²) in [5.74, 6) is -3.40. The van der Waals surface area contributed by atoms with Gasteiger partial charge in [0.15, 0.2) is 0 Å². The van der Waals surface area contributed by atoms with E-state index in [4.69, 9.17) is 16.3 Å². The van der Waals surface area contributed by atoms with Crippen molar-refractivity contribution >= 4 is 23.6 Å². The van der Waals surface area contributed by atoms with Gasteiger partial charge >= 0.3 is 0 Å². The fourth-order valence-electron chi connectivity index (χ4n) is 2.43. The maximum atomic E-state index is 13.6. The Morgan fingerprint density at radius 2 is 2.32 bits per heavy atom. The highest BCUT2D eigenvalue weighted by Gasteiger charge is 2.44. The number of hydrogen-bond acceptors (Lipinski definition) is 2. The number of hydrogen-bond donors (Lipinski definition) is 1. The van der Waals surface area contributed by atoms with E-state index in [-0.39, 0.29) is 18.4 Å². The molecule has 1 amide bonds. The van der Waals surface area contributed by atoms with Gasteiger partial charge in [0.25, 0.3) is 11.8 Å². The zero-order valence-corrected chi connectivity index (χ0v) is 13.0. The Hall–Kier alpha value is -1.62. The van der Waals surface area contributed by atoms with Gasteiger partial charge < -0.3 is 10.1 Å². The van der Waals surface area contributed by atoms with Crippen LogP contribution in [0.25, 0.3) is 6.08 Å². The molecule has 1 saturated carbocycles. The van der Waals surface area contributed by atoms with Gasteiger partial charge in [-0.2, -0.15) is 0 Å². The third kappa shape index (κ3) is 3.97. The summed E-state index contributed by atoms with van der Waals surface area (Å²) >= 11 is 5.91. The summed E-state index contributed by atoms with van der Waals surface area (Å²) in [6.45, 7) is 2.34. The van der Waals surface area contributed by atoms with Gasteiger partial charge in [-0.05, 0) is 43.5 Å². The molecule has 0 aliphatic heterocycles. The molecule has 1 atom stereocenters. The van der Waals surface area contributed by atoms with Gasteiger partial charge in [-0.25, -0.2) is 8.78 Å². The number of amides is 1. The SMILES string of the molecule is CCO/C=C/c1ccc(Cl)cc1C(=O)NC1CCCC1(F)F. The lowest BCUT2D eigenvalue weighted by Crippen LogP contribution is -2.44. The minimum absolute atomic E-state index is 0.190. The highest BCUT2D eigenvalue weighted by atomic mass is 35.5. The summed E-state index contributed by atoms with van der Waals surface area (Å²) in [6, 6.07) is 3.63. The summed E-state index contributed by atoms with van der Waals surface area (Å²) in [7, 11) is 0. The lowest BCUT2D eigenvalue weighted by atomic mass is 10.1. The minimum atomic E-state index is -2.85. The smallest absolute Gasteiger partial charge is 0.267 e. The van der Waals surface area contributed by atoms with Crippen molar-refractivity contribution in [2.75, 3.05) is 6.61 Å². The molecule has 0 bridgehead atoms. The van der Waals surface area contributed by atoms with Gasteiger partial charge in [-0.1, -0.05) is 17.7 Å². The number of benzene rings is 1. The Balaban J connectivity index is 2.19. The van der Waals surface area contributed by atoms with Gasteiger partial charge in [0.2, 0.25) is 0 Å². The van der Waals surface area contributed by atoms with Gasteiger partial charge in [0.05, 0.1) is 18.9 Å². The topological polar surface area (TPSA) is 38.3 Å². The molecule has 0 spiro atoms. The van der Waals surface area contributed by atoms with Crippen LogP contribution in [0.1, 0.15) is 42.1 Å². The molecule has 1 N–H and O–H groups in total. The van der Waals surface area contributed by atoms with Crippen molar-refractivity contribution in [3.05, 3.63) is 40.6 Å². The monoisotopic (exact) mass is 329 g/mol. The second kappa shape index (κ2) is 7.09. The van der Waals surface area contributed by atoms with Crippen LogP contribution in [0.5, 0.6) is 0 Å². The molecule has 2 rings (SSSR count). The van der Waals surface area contributed by atoms with Crippen molar-refractivity contribution in [2.45, 2.75) is 38.2 Å². The van der Waals surface area contributed by atoms with Crippen LogP contribution in [-0.2, 0) is 4.74 Å². The molecular formula is C16H18ClF2NO2. The first-order valence-corrected chi connectivity index (χ1v) is 7.58. The first-order valence-electron chi connectivity index (χ1n) is 7.20. The minimum Gasteiger partial charge on any atom is -0.501 e. The highest BCUT2D eigenvalue weighted by molar-refractivity contribution is 6.31. The average Bonchev–Trinajstić information content (AvgIpc) is 2.79. The molecule has 1 aliphatic carbocycles. The Kier molecular flexibility index (Phi) is 5.40. The molecule has 0 aromatic heterocycles. The van der Waals surface area contributed by atoms with Crippen LogP contribution in [0.3, 0.4) is 0 Å². The van der Waals surface area contributed by atoms with Gasteiger partial charge in [-0.3, -0.25) is 4.79 Å². The molecule has 0 radical (unpaired) electrons. The molecule has 22 heavy (non-hydrogen) atoms. The standard InChI is InChI=1S/C16H18ClF2NO2/c1-2-22-9-7-11-5-6-12(17)10-13(11)15(21)20-14-4-3-8-16(14,18)19/h5-7,9-10,14H,2-4,8H2,1H3,(H,20,21)/b9-7+. The number of carbonyl (C=O) groups excluding carboxylic acids is 1. The van der Waals surface area contributed by atoms with Gasteiger partial charge in [-0.15, -0.1) is 0 Å². The van der Waals surface area contributed by atoms with E-state index in [1.54, 1.807) is 18.2 Å².